The van der Waals surface area contributed by atoms with E-state index < -0.39 is 6.10 Å². The third-order valence-electron chi connectivity index (χ3n) is 4.25. The Labute approximate surface area is 124 Å². The molecule has 0 heterocycles. The van der Waals surface area contributed by atoms with Crippen LogP contribution < -0.4 is 0 Å². The molecule has 1 heteroatoms. The zero-order valence-corrected chi connectivity index (χ0v) is 11.7. The minimum Gasteiger partial charge on any atom is -0.384 e. The molecule has 0 saturated heterocycles. The third-order valence-corrected chi connectivity index (χ3v) is 4.25. The van der Waals surface area contributed by atoms with E-state index in [1.165, 1.54) is 22.3 Å². The zero-order valence-electron chi connectivity index (χ0n) is 11.7. The fourth-order valence-electron chi connectivity index (χ4n) is 3.16. The summed E-state index contributed by atoms with van der Waals surface area (Å²) in [5.74, 6) is 0. The van der Waals surface area contributed by atoms with Crippen LogP contribution in [0.25, 0.3) is 11.1 Å². The van der Waals surface area contributed by atoms with Crippen LogP contribution in [0.4, 0.5) is 0 Å². The highest BCUT2D eigenvalue weighted by molar-refractivity contribution is 5.77. The Balaban J connectivity index is 1.74. The van der Waals surface area contributed by atoms with Crippen molar-refractivity contribution >= 4 is 0 Å². The highest BCUT2D eigenvalue weighted by Crippen LogP contribution is 2.38. The van der Waals surface area contributed by atoms with Crippen molar-refractivity contribution in [3.05, 3.63) is 95.1 Å². The minimum atomic E-state index is -0.555. The molecule has 0 aliphatic heterocycles. The molecule has 0 amide bonds. The lowest BCUT2D eigenvalue weighted by Crippen LogP contribution is -2.00. The van der Waals surface area contributed by atoms with E-state index in [2.05, 4.69) is 36.4 Å². The highest BCUT2D eigenvalue weighted by Gasteiger charge is 2.19. The SMILES string of the molecule is O[C@@H](c1ccccc1)c1ccc2c(c1)Cc1ccccc1-2. The average molecular weight is 272 g/mol. The Hall–Kier alpha value is -2.38. The van der Waals surface area contributed by atoms with Crippen molar-refractivity contribution in [2.45, 2.75) is 12.5 Å². The molecule has 21 heavy (non-hydrogen) atoms. The summed E-state index contributed by atoms with van der Waals surface area (Å²) in [7, 11) is 0. The number of hydrogen-bond donors (Lipinski definition) is 1. The zero-order chi connectivity index (χ0) is 14.2. The molecule has 0 unspecified atom stereocenters. The number of rotatable bonds is 2. The third kappa shape index (κ3) is 2.07. The van der Waals surface area contributed by atoms with Gasteiger partial charge in [-0.3, -0.25) is 0 Å². The van der Waals surface area contributed by atoms with Crippen molar-refractivity contribution in [1.82, 2.24) is 0 Å². The molecule has 1 N–H and O–H groups in total. The summed E-state index contributed by atoms with van der Waals surface area (Å²) in [4.78, 5) is 0. The van der Waals surface area contributed by atoms with Crippen molar-refractivity contribution in [3.63, 3.8) is 0 Å². The molecule has 0 radical (unpaired) electrons. The Bertz CT molecular complexity index is 790. The molecule has 0 spiro atoms. The van der Waals surface area contributed by atoms with Gasteiger partial charge >= 0.3 is 0 Å². The lowest BCUT2D eigenvalue weighted by atomic mass is 9.97. The molecule has 1 aliphatic carbocycles. The van der Waals surface area contributed by atoms with E-state index in [0.717, 1.165) is 17.5 Å². The molecule has 3 aromatic rings. The Morgan fingerprint density at radius 2 is 1.38 bits per heavy atom. The topological polar surface area (TPSA) is 20.2 Å². The maximum absolute atomic E-state index is 10.5. The van der Waals surface area contributed by atoms with Crippen LogP contribution in [0.5, 0.6) is 0 Å². The molecule has 0 aromatic heterocycles. The predicted molar refractivity (Wildman–Crippen MR) is 85.2 cm³/mol. The summed E-state index contributed by atoms with van der Waals surface area (Å²) in [6, 6.07) is 24.7. The second kappa shape index (κ2) is 4.87. The number of aliphatic hydroxyl groups is 1. The van der Waals surface area contributed by atoms with E-state index in [1.807, 2.05) is 36.4 Å². The number of aliphatic hydroxyl groups excluding tert-OH is 1. The lowest BCUT2D eigenvalue weighted by Gasteiger charge is -2.13. The monoisotopic (exact) mass is 272 g/mol. The van der Waals surface area contributed by atoms with Crippen LogP contribution in [-0.4, -0.2) is 5.11 Å². The van der Waals surface area contributed by atoms with Gasteiger partial charge in [0.25, 0.3) is 0 Å². The van der Waals surface area contributed by atoms with Gasteiger partial charge in [-0.1, -0.05) is 72.8 Å². The van der Waals surface area contributed by atoms with Crippen LogP contribution in [0.3, 0.4) is 0 Å². The Kier molecular flexibility index (Phi) is 2.87. The standard InChI is InChI=1S/C20H16O/c21-20(14-6-2-1-3-7-14)16-10-11-19-17(13-16)12-15-8-4-5-9-18(15)19/h1-11,13,20-21H,12H2/t20-/m0/s1. The first kappa shape index (κ1) is 12.4. The van der Waals surface area contributed by atoms with Crippen LogP contribution in [-0.2, 0) is 6.42 Å². The molecule has 102 valence electrons. The van der Waals surface area contributed by atoms with E-state index in [-0.39, 0.29) is 0 Å². The summed E-state index contributed by atoms with van der Waals surface area (Å²) < 4.78 is 0. The van der Waals surface area contributed by atoms with Crippen LogP contribution >= 0.6 is 0 Å². The predicted octanol–water partition coefficient (Wildman–Crippen LogP) is 4.34. The first-order valence-electron chi connectivity index (χ1n) is 7.27. The van der Waals surface area contributed by atoms with Crippen LogP contribution in [0.1, 0.15) is 28.4 Å². The minimum absolute atomic E-state index is 0.555. The second-order valence-corrected chi connectivity index (χ2v) is 5.56. The fourth-order valence-corrected chi connectivity index (χ4v) is 3.16. The van der Waals surface area contributed by atoms with Gasteiger partial charge in [0.05, 0.1) is 0 Å². The molecular weight excluding hydrogens is 256 g/mol. The summed E-state index contributed by atoms with van der Waals surface area (Å²) in [6.45, 7) is 0. The smallest absolute Gasteiger partial charge is 0.104 e. The van der Waals surface area contributed by atoms with Gasteiger partial charge in [0, 0.05) is 0 Å². The van der Waals surface area contributed by atoms with Gasteiger partial charge < -0.3 is 5.11 Å². The van der Waals surface area contributed by atoms with Gasteiger partial charge in [-0.2, -0.15) is 0 Å². The molecule has 1 aliphatic rings. The molecule has 1 atom stereocenters. The van der Waals surface area contributed by atoms with E-state index >= 15 is 0 Å². The van der Waals surface area contributed by atoms with E-state index in [1.54, 1.807) is 0 Å². The van der Waals surface area contributed by atoms with Crippen molar-refractivity contribution in [2.24, 2.45) is 0 Å². The summed E-state index contributed by atoms with van der Waals surface area (Å²) >= 11 is 0. The van der Waals surface area contributed by atoms with Gasteiger partial charge in [-0.25, -0.2) is 0 Å². The van der Waals surface area contributed by atoms with Gasteiger partial charge in [0.2, 0.25) is 0 Å². The lowest BCUT2D eigenvalue weighted by molar-refractivity contribution is 0.220. The fraction of sp³-hybridized carbons (Fsp3) is 0.100. The summed E-state index contributed by atoms with van der Waals surface area (Å²) in [5, 5.41) is 10.5. The molecule has 4 rings (SSSR count). The Morgan fingerprint density at radius 3 is 2.24 bits per heavy atom. The molecule has 1 nitrogen and oxygen atoms in total. The van der Waals surface area contributed by atoms with Gasteiger partial charge in [-0.05, 0) is 39.8 Å². The average Bonchev–Trinajstić information content (AvgIpc) is 2.92. The molecular formula is C20H16O. The highest BCUT2D eigenvalue weighted by atomic mass is 16.3. The van der Waals surface area contributed by atoms with Gasteiger partial charge in [0.1, 0.15) is 6.10 Å². The normalized spacial score (nSPS) is 13.6. The van der Waals surface area contributed by atoms with Gasteiger partial charge in [-0.15, -0.1) is 0 Å². The number of hydrogen-bond acceptors (Lipinski definition) is 1. The molecule has 0 fully saturated rings. The molecule has 3 aromatic carbocycles. The largest absolute Gasteiger partial charge is 0.384 e. The Morgan fingerprint density at radius 1 is 0.667 bits per heavy atom. The van der Waals surface area contributed by atoms with E-state index in [9.17, 15) is 5.11 Å². The van der Waals surface area contributed by atoms with Crippen molar-refractivity contribution < 1.29 is 5.11 Å². The van der Waals surface area contributed by atoms with Crippen molar-refractivity contribution in [2.75, 3.05) is 0 Å². The first-order valence-corrected chi connectivity index (χ1v) is 7.27. The first-order chi connectivity index (χ1) is 10.3. The van der Waals surface area contributed by atoms with Crippen LogP contribution in [0, 0.1) is 0 Å². The maximum atomic E-state index is 10.5. The summed E-state index contributed by atoms with van der Waals surface area (Å²) in [5.41, 5.74) is 7.21. The quantitative estimate of drug-likeness (QED) is 0.575. The van der Waals surface area contributed by atoms with E-state index in [0.29, 0.717) is 0 Å². The van der Waals surface area contributed by atoms with Crippen LogP contribution in [0.2, 0.25) is 0 Å². The van der Waals surface area contributed by atoms with Crippen molar-refractivity contribution in [3.8, 4) is 11.1 Å². The maximum Gasteiger partial charge on any atom is 0.104 e. The van der Waals surface area contributed by atoms with E-state index in [4.69, 9.17) is 0 Å². The number of benzene rings is 3. The molecule has 0 saturated carbocycles. The van der Waals surface area contributed by atoms with Gasteiger partial charge in [0.15, 0.2) is 0 Å². The second-order valence-electron chi connectivity index (χ2n) is 5.56. The molecule has 0 bridgehead atoms. The van der Waals surface area contributed by atoms with Crippen LogP contribution in [0.15, 0.2) is 72.8 Å². The summed E-state index contributed by atoms with van der Waals surface area (Å²) in [6.07, 6.45) is 0.404. The number of fused-ring (bicyclic) bond motifs is 3. The van der Waals surface area contributed by atoms with Crippen molar-refractivity contribution in [1.29, 1.82) is 0 Å².